The van der Waals surface area contributed by atoms with Crippen molar-refractivity contribution in [3.05, 3.63) is 59.5 Å². The van der Waals surface area contributed by atoms with E-state index in [1.807, 2.05) is 35.7 Å². The number of nitrogens with one attached hydrogen (secondary N) is 1. The number of para-hydroxylation sites is 1. The number of rotatable bonds is 8. The highest BCUT2D eigenvalue weighted by molar-refractivity contribution is 8.00. The maximum atomic E-state index is 11.1. The Balaban J connectivity index is 1.36. The van der Waals surface area contributed by atoms with Gasteiger partial charge in [0.2, 0.25) is 0 Å². The van der Waals surface area contributed by atoms with Crippen LogP contribution >= 0.6 is 23.3 Å². The van der Waals surface area contributed by atoms with Crippen molar-refractivity contribution in [2.75, 3.05) is 29.8 Å². The number of piperidine rings is 1. The summed E-state index contributed by atoms with van der Waals surface area (Å²) in [4.78, 5) is 18.2. The van der Waals surface area contributed by atoms with Crippen molar-refractivity contribution in [2.24, 2.45) is 0 Å². The van der Waals surface area contributed by atoms with E-state index in [0.29, 0.717) is 11.4 Å². The van der Waals surface area contributed by atoms with E-state index in [1.54, 1.807) is 23.5 Å². The minimum Gasteiger partial charge on any atom is -0.495 e. The third kappa shape index (κ3) is 5.42. The molecule has 162 valence electrons. The fraction of sp³-hybridized carbons (Fsp3) is 0.273. The average molecular weight is 458 g/mol. The van der Waals surface area contributed by atoms with Crippen LogP contribution in [0.15, 0.2) is 58.9 Å². The minimum absolute atomic E-state index is 0.145. The molecule has 1 unspecified atom stereocenters. The van der Waals surface area contributed by atoms with E-state index in [4.69, 9.17) is 19.6 Å². The molecule has 7 nitrogen and oxygen atoms in total. The van der Waals surface area contributed by atoms with Crippen molar-refractivity contribution in [2.45, 2.75) is 24.0 Å². The maximum absolute atomic E-state index is 11.1. The number of hydrogen-bond acceptors (Lipinski definition) is 8. The highest BCUT2D eigenvalue weighted by Gasteiger charge is 2.23. The lowest BCUT2D eigenvalue weighted by Gasteiger charge is -2.32. The Labute approximate surface area is 189 Å². The van der Waals surface area contributed by atoms with Gasteiger partial charge in [-0.2, -0.15) is 0 Å². The minimum atomic E-state index is -0.988. The summed E-state index contributed by atoms with van der Waals surface area (Å²) in [5.74, 6) is 0.384. The van der Waals surface area contributed by atoms with Crippen LogP contribution in [-0.4, -0.2) is 42.4 Å². The van der Waals surface area contributed by atoms with Gasteiger partial charge in [0, 0.05) is 23.9 Å². The standard InChI is InChI=1S/C22H23N3O4S2/c1-28-19-12-15(21(26)27)9-10-18(19)24-31-20-14-30-22(23-20)25-11-5-8-17(13-25)29-16-6-3-2-4-7-16/h2-4,6-7,9-10,12,14,17,24H,5,8,11,13H2,1H3,(H,26,27). The van der Waals surface area contributed by atoms with E-state index in [1.165, 1.54) is 25.1 Å². The molecule has 2 heterocycles. The van der Waals surface area contributed by atoms with Gasteiger partial charge in [0.25, 0.3) is 0 Å². The fourth-order valence-electron chi connectivity index (χ4n) is 3.36. The van der Waals surface area contributed by atoms with Crippen LogP contribution in [0.4, 0.5) is 10.8 Å². The number of thiazole rings is 1. The molecule has 1 aliphatic heterocycles. The predicted molar refractivity (Wildman–Crippen MR) is 124 cm³/mol. The Morgan fingerprint density at radius 3 is 2.90 bits per heavy atom. The van der Waals surface area contributed by atoms with Gasteiger partial charge in [0.15, 0.2) is 5.13 Å². The SMILES string of the molecule is COc1cc(C(=O)O)ccc1NSc1csc(N2CCCC(Oc3ccccc3)C2)n1. The Morgan fingerprint density at radius 2 is 2.13 bits per heavy atom. The van der Waals surface area contributed by atoms with E-state index in [0.717, 1.165) is 41.8 Å². The number of ether oxygens (including phenoxy) is 2. The molecule has 1 atom stereocenters. The molecule has 0 aliphatic carbocycles. The van der Waals surface area contributed by atoms with Gasteiger partial charge in [-0.05, 0) is 43.2 Å². The number of carboxylic acids is 1. The van der Waals surface area contributed by atoms with Crippen LogP contribution in [0.2, 0.25) is 0 Å². The van der Waals surface area contributed by atoms with Gasteiger partial charge >= 0.3 is 5.97 Å². The molecule has 0 saturated carbocycles. The quantitative estimate of drug-likeness (QED) is 0.457. The molecular weight excluding hydrogens is 434 g/mol. The molecular formula is C22H23N3O4S2. The normalized spacial score (nSPS) is 16.0. The smallest absolute Gasteiger partial charge is 0.335 e. The number of anilines is 2. The number of carboxylic acid groups (broad SMARTS) is 1. The zero-order valence-corrected chi connectivity index (χ0v) is 18.6. The van der Waals surface area contributed by atoms with Gasteiger partial charge in [0.05, 0.1) is 24.9 Å². The summed E-state index contributed by atoms with van der Waals surface area (Å²) < 4.78 is 14.6. The zero-order valence-electron chi connectivity index (χ0n) is 17.0. The van der Waals surface area contributed by atoms with Crippen LogP contribution in [0.1, 0.15) is 23.2 Å². The lowest BCUT2D eigenvalue weighted by molar-refractivity contribution is 0.0696. The van der Waals surface area contributed by atoms with Crippen LogP contribution in [-0.2, 0) is 0 Å². The van der Waals surface area contributed by atoms with Crippen molar-refractivity contribution < 1.29 is 19.4 Å². The number of methoxy groups -OCH3 is 1. The van der Waals surface area contributed by atoms with Gasteiger partial charge in [-0.3, -0.25) is 0 Å². The number of aromatic carboxylic acids is 1. The molecule has 0 bridgehead atoms. The first-order valence-electron chi connectivity index (χ1n) is 9.89. The Morgan fingerprint density at radius 1 is 1.29 bits per heavy atom. The summed E-state index contributed by atoms with van der Waals surface area (Å²) in [5.41, 5.74) is 0.877. The monoisotopic (exact) mass is 457 g/mol. The largest absolute Gasteiger partial charge is 0.495 e. The van der Waals surface area contributed by atoms with Crippen LogP contribution in [0.25, 0.3) is 0 Å². The van der Waals surface area contributed by atoms with Crippen LogP contribution in [0.3, 0.4) is 0 Å². The summed E-state index contributed by atoms with van der Waals surface area (Å²) in [5, 5.41) is 12.9. The number of hydrogen-bond donors (Lipinski definition) is 2. The number of aromatic nitrogens is 1. The van der Waals surface area contributed by atoms with Crippen molar-refractivity contribution in [1.82, 2.24) is 4.98 Å². The van der Waals surface area contributed by atoms with Crippen molar-refractivity contribution in [3.63, 3.8) is 0 Å². The van der Waals surface area contributed by atoms with Gasteiger partial charge < -0.3 is 24.2 Å². The maximum Gasteiger partial charge on any atom is 0.335 e. The second-order valence-electron chi connectivity index (χ2n) is 7.03. The van der Waals surface area contributed by atoms with E-state index >= 15 is 0 Å². The molecule has 3 aromatic rings. The lowest BCUT2D eigenvalue weighted by Crippen LogP contribution is -2.41. The second-order valence-corrected chi connectivity index (χ2v) is 8.70. The van der Waals surface area contributed by atoms with Crippen molar-refractivity contribution in [1.29, 1.82) is 0 Å². The molecule has 4 rings (SSSR count). The molecule has 0 radical (unpaired) electrons. The summed E-state index contributed by atoms with van der Waals surface area (Å²) in [6, 6.07) is 14.7. The van der Waals surface area contributed by atoms with Crippen LogP contribution < -0.4 is 19.1 Å². The van der Waals surface area contributed by atoms with Crippen molar-refractivity contribution >= 4 is 40.1 Å². The molecule has 1 aromatic heterocycles. The molecule has 0 amide bonds. The summed E-state index contributed by atoms with van der Waals surface area (Å²) in [7, 11) is 1.52. The molecule has 9 heteroatoms. The van der Waals surface area contributed by atoms with Crippen molar-refractivity contribution in [3.8, 4) is 11.5 Å². The molecule has 0 spiro atoms. The molecule has 2 N–H and O–H groups in total. The predicted octanol–water partition coefficient (Wildman–Crippen LogP) is 5.02. The summed E-state index contributed by atoms with van der Waals surface area (Å²) in [6.45, 7) is 1.77. The van der Waals surface area contributed by atoms with Gasteiger partial charge in [-0.15, -0.1) is 11.3 Å². The third-order valence-corrected chi connectivity index (χ3v) is 6.67. The molecule has 1 saturated heterocycles. The number of carbonyl (C=O) groups is 1. The highest BCUT2D eigenvalue weighted by atomic mass is 32.2. The van der Waals surface area contributed by atoms with E-state index in [9.17, 15) is 4.79 Å². The number of nitrogens with zero attached hydrogens (tertiary/aromatic N) is 2. The average Bonchev–Trinajstić information content (AvgIpc) is 3.27. The van der Waals surface area contributed by atoms with Crippen LogP contribution in [0.5, 0.6) is 11.5 Å². The van der Waals surface area contributed by atoms with Gasteiger partial charge in [0.1, 0.15) is 22.6 Å². The molecule has 1 aliphatic rings. The topological polar surface area (TPSA) is 83.9 Å². The zero-order chi connectivity index (χ0) is 21.6. The first-order chi connectivity index (χ1) is 15.1. The summed E-state index contributed by atoms with van der Waals surface area (Å²) >= 11 is 2.97. The van der Waals surface area contributed by atoms with E-state index in [2.05, 4.69) is 9.62 Å². The van der Waals surface area contributed by atoms with Gasteiger partial charge in [-0.25, -0.2) is 9.78 Å². The molecule has 2 aromatic carbocycles. The Hall–Kier alpha value is -2.91. The first-order valence-corrected chi connectivity index (χ1v) is 11.6. The summed E-state index contributed by atoms with van der Waals surface area (Å²) in [6.07, 6.45) is 2.24. The Bertz CT molecular complexity index is 1030. The Kier molecular flexibility index (Phi) is 6.83. The molecule has 1 fully saturated rings. The number of benzene rings is 2. The fourth-order valence-corrected chi connectivity index (χ4v) is 4.99. The van der Waals surface area contributed by atoms with E-state index in [-0.39, 0.29) is 11.7 Å². The van der Waals surface area contributed by atoms with Crippen LogP contribution in [0, 0.1) is 0 Å². The lowest BCUT2D eigenvalue weighted by atomic mass is 10.1. The molecule has 31 heavy (non-hydrogen) atoms. The van der Waals surface area contributed by atoms with E-state index < -0.39 is 5.97 Å². The van der Waals surface area contributed by atoms with Gasteiger partial charge in [-0.1, -0.05) is 18.2 Å². The first kappa shape index (κ1) is 21.3. The third-order valence-electron chi connectivity index (χ3n) is 4.88. The highest BCUT2D eigenvalue weighted by Crippen LogP contribution is 2.33. The second kappa shape index (κ2) is 9.93.